The fourth-order valence-corrected chi connectivity index (χ4v) is 2.24. The molecule has 2 aromatic rings. The monoisotopic (exact) mass is 407 g/mol. The molecule has 0 radical (unpaired) electrons. The highest BCUT2D eigenvalue weighted by molar-refractivity contribution is 9.10. The van der Waals surface area contributed by atoms with Crippen molar-refractivity contribution in [2.45, 2.75) is 12.8 Å². The van der Waals surface area contributed by atoms with Crippen LogP contribution >= 0.6 is 15.9 Å². The van der Waals surface area contributed by atoms with E-state index in [0.29, 0.717) is 5.56 Å². The van der Waals surface area contributed by atoms with Crippen molar-refractivity contribution in [3.8, 4) is 0 Å². The van der Waals surface area contributed by atoms with E-state index in [1.807, 2.05) is 0 Å². The van der Waals surface area contributed by atoms with Gasteiger partial charge in [0.15, 0.2) is 12.4 Å². The zero-order valence-electron chi connectivity index (χ0n) is 13.1. The van der Waals surface area contributed by atoms with Crippen LogP contribution in [-0.2, 0) is 14.3 Å². The summed E-state index contributed by atoms with van der Waals surface area (Å²) >= 11 is 3.27. The van der Waals surface area contributed by atoms with Crippen LogP contribution in [-0.4, -0.2) is 24.3 Å². The highest BCUT2D eigenvalue weighted by Crippen LogP contribution is 2.13. The van der Waals surface area contributed by atoms with Gasteiger partial charge < -0.3 is 10.1 Å². The van der Waals surface area contributed by atoms with Crippen molar-refractivity contribution < 1.29 is 23.5 Å². The van der Waals surface area contributed by atoms with E-state index in [1.165, 1.54) is 18.2 Å². The minimum absolute atomic E-state index is 0.00796. The Morgan fingerprint density at radius 2 is 1.76 bits per heavy atom. The molecule has 0 saturated carbocycles. The van der Waals surface area contributed by atoms with E-state index >= 15 is 0 Å². The molecular formula is C18H15BrFNO4. The van der Waals surface area contributed by atoms with Crippen molar-refractivity contribution in [1.29, 1.82) is 0 Å². The Kier molecular flexibility index (Phi) is 6.82. The number of ketones is 1. The normalized spacial score (nSPS) is 10.2. The number of hydrogen-bond donors (Lipinski definition) is 1. The molecule has 0 unspecified atom stereocenters. The second-order valence-corrected chi connectivity index (χ2v) is 6.06. The number of rotatable bonds is 7. The molecule has 0 spiro atoms. The van der Waals surface area contributed by atoms with Crippen LogP contribution < -0.4 is 5.32 Å². The molecule has 0 bridgehead atoms. The lowest BCUT2D eigenvalue weighted by atomic mass is 10.1. The average Bonchev–Trinajstić information content (AvgIpc) is 2.58. The van der Waals surface area contributed by atoms with Crippen LogP contribution in [0.1, 0.15) is 23.2 Å². The molecule has 0 aliphatic heterocycles. The molecular weight excluding hydrogens is 393 g/mol. The van der Waals surface area contributed by atoms with Crippen molar-refractivity contribution >= 4 is 39.3 Å². The number of anilines is 1. The number of carbonyl (C=O) groups is 3. The number of carbonyl (C=O) groups excluding carboxylic acids is 3. The summed E-state index contributed by atoms with van der Waals surface area (Å²) < 4.78 is 18.7. The van der Waals surface area contributed by atoms with Gasteiger partial charge in [-0.05, 0) is 30.3 Å². The van der Waals surface area contributed by atoms with E-state index in [2.05, 4.69) is 21.2 Å². The van der Waals surface area contributed by atoms with Crippen molar-refractivity contribution in [3.05, 3.63) is 64.4 Å². The molecule has 0 atom stereocenters. The Labute approximate surface area is 152 Å². The van der Waals surface area contributed by atoms with Gasteiger partial charge in [-0.25, -0.2) is 4.39 Å². The number of halogens is 2. The minimum atomic E-state index is -0.653. The zero-order valence-corrected chi connectivity index (χ0v) is 14.7. The fraction of sp³-hybridized carbons (Fsp3) is 0.167. The summed E-state index contributed by atoms with van der Waals surface area (Å²) in [5.74, 6) is -1.91. The molecule has 7 heteroatoms. The largest absolute Gasteiger partial charge is 0.456 e. The van der Waals surface area contributed by atoms with Crippen LogP contribution in [0.3, 0.4) is 0 Å². The third-order valence-electron chi connectivity index (χ3n) is 3.20. The Hall–Kier alpha value is -2.54. The van der Waals surface area contributed by atoms with E-state index in [1.54, 1.807) is 24.3 Å². The molecule has 1 N–H and O–H groups in total. The maximum atomic E-state index is 13.0. The molecule has 2 rings (SSSR count). The second kappa shape index (κ2) is 9.08. The van der Waals surface area contributed by atoms with Crippen LogP contribution in [0.4, 0.5) is 10.1 Å². The highest BCUT2D eigenvalue weighted by Gasteiger charge is 2.12. The van der Waals surface area contributed by atoms with Gasteiger partial charge in [-0.3, -0.25) is 14.4 Å². The first-order chi connectivity index (χ1) is 11.9. The van der Waals surface area contributed by atoms with E-state index in [4.69, 9.17) is 4.74 Å². The first-order valence-corrected chi connectivity index (χ1v) is 8.23. The molecule has 5 nitrogen and oxygen atoms in total. The fourth-order valence-electron chi connectivity index (χ4n) is 1.98. The Morgan fingerprint density at radius 3 is 2.44 bits per heavy atom. The molecule has 0 aliphatic carbocycles. The van der Waals surface area contributed by atoms with Crippen LogP contribution in [0.25, 0.3) is 0 Å². The average molecular weight is 408 g/mol. The lowest BCUT2D eigenvalue weighted by Crippen LogP contribution is -2.21. The molecule has 0 aromatic heterocycles. The second-order valence-electron chi connectivity index (χ2n) is 5.15. The number of hydrogen-bond acceptors (Lipinski definition) is 4. The molecule has 130 valence electrons. The van der Waals surface area contributed by atoms with Crippen LogP contribution in [0, 0.1) is 5.82 Å². The molecule has 0 saturated heterocycles. The van der Waals surface area contributed by atoms with Gasteiger partial charge in [-0.15, -0.1) is 0 Å². The van der Waals surface area contributed by atoms with Gasteiger partial charge in [0.05, 0.1) is 6.42 Å². The zero-order chi connectivity index (χ0) is 18.2. The van der Waals surface area contributed by atoms with Crippen molar-refractivity contribution in [2.75, 3.05) is 11.9 Å². The Bertz CT molecular complexity index is 777. The van der Waals surface area contributed by atoms with E-state index in [-0.39, 0.29) is 24.3 Å². The number of Topliss-reactive ketones (excluding diaryl/α,β-unsaturated/α-hetero) is 1. The number of amides is 1. The Morgan fingerprint density at radius 1 is 1.04 bits per heavy atom. The number of ether oxygens (including phenoxy) is 1. The van der Waals surface area contributed by atoms with Gasteiger partial charge in [0.2, 0.25) is 0 Å². The SMILES string of the molecule is O=C(COC(=O)CCC(=O)c1ccc(Br)cc1)Nc1cccc(F)c1. The lowest BCUT2D eigenvalue weighted by Gasteiger charge is -2.06. The molecule has 1 amide bonds. The predicted octanol–water partition coefficient (Wildman–Crippen LogP) is 3.73. The maximum absolute atomic E-state index is 13.0. The van der Waals surface area contributed by atoms with Gasteiger partial charge >= 0.3 is 5.97 Å². The summed E-state index contributed by atoms with van der Waals surface area (Å²) in [6.45, 7) is -0.498. The molecule has 2 aromatic carbocycles. The van der Waals surface area contributed by atoms with Crippen molar-refractivity contribution in [1.82, 2.24) is 0 Å². The van der Waals surface area contributed by atoms with Crippen LogP contribution in [0.5, 0.6) is 0 Å². The summed E-state index contributed by atoms with van der Waals surface area (Å²) in [5, 5.41) is 2.41. The summed E-state index contributed by atoms with van der Waals surface area (Å²) in [6.07, 6.45) is -0.131. The van der Waals surface area contributed by atoms with Gasteiger partial charge in [-0.1, -0.05) is 34.1 Å². The summed E-state index contributed by atoms with van der Waals surface area (Å²) in [5.41, 5.74) is 0.770. The standard InChI is InChI=1S/C18H15BrFNO4/c19-13-6-4-12(5-7-13)16(22)8-9-18(24)25-11-17(23)21-15-3-1-2-14(20)10-15/h1-7,10H,8-9,11H2,(H,21,23). The van der Waals surface area contributed by atoms with Crippen LogP contribution in [0.2, 0.25) is 0 Å². The van der Waals surface area contributed by atoms with Crippen molar-refractivity contribution in [3.63, 3.8) is 0 Å². The first kappa shape index (κ1) is 18.8. The number of nitrogens with one attached hydrogen (secondary N) is 1. The van der Waals surface area contributed by atoms with Gasteiger partial charge in [0.1, 0.15) is 5.82 Å². The topological polar surface area (TPSA) is 72.5 Å². The molecule has 0 heterocycles. The maximum Gasteiger partial charge on any atom is 0.306 e. The lowest BCUT2D eigenvalue weighted by molar-refractivity contribution is -0.147. The van der Waals surface area contributed by atoms with Gasteiger partial charge in [-0.2, -0.15) is 0 Å². The summed E-state index contributed by atoms with van der Waals surface area (Å²) in [6, 6.07) is 12.2. The van der Waals surface area contributed by atoms with Crippen LogP contribution in [0.15, 0.2) is 53.0 Å². The van der Waals surface area contributed by atoms with Crippen molar-refractivity contribution in [2.24, 2.45) is 0 Å². The third-order valence-corrected chi connectivity index (χ3v) is 3.72. The molecule has 0 fully saturated rings. The van der Waals surface area contributed by atoms with Gasteiger partial charge in [0.25, 0.3) is 5.91 Å². The number of benzene rings is 2. The van der Waals surface area contributed by atoms with E-state index in [0.717, 1.165) is 10.5 Å². The smallest absolute Gasteiger partial charge is 0.306 e. The molecule has 25 heavy (non-hydrogen) atoms. The first-order valence-electron chi connectivity index (χ1n) is 7.44. The van der Waals surface area contributed by atoms with E-state index < -0.39 is 24.3 Å². The number of esters is 1. The quantitative estimate of drug-likeness (QED) is 0.560. The summed E-state index contributed by atoms with van der Waals surface area (Å²) in [7, 11) is 0. The molecule has 0 aliphatic rings. The third kappa shape index (κ3) is 6.46. The van der Waals surface area contributed by atoms with E-state index in [9.17, 15) is 18.8 Å². The minimum Gasteiger partial charge on any atom is -0.456 e. The Balaban J connectivity index is 1.72. The summed E-state index contributed by atoms with van der Waals surface area (Å²) in [4.78, 5) is 35.2. The van der Waals surface area contributed by atoms with Gasteiger partial charge in [0, 0.05) is 22.1 Å². The predicted molar refractivity (Wildman–Crippen MR) is 93.7 cm³/mol. The highest BCUT2D eigenvalue weighted by atomic mass is 79.9.